The van der Waals surface area contributed by atoms with E-state index in [0.717, 1.165) is 0 Å². The van der Waals surface area contributed by atoms with Crippen molar-refractivity contribution in [3.8, 4) is 5.75 Å². The van der Waals surface area contributed by atoms with Gasteiger partial charge in [-0.1, -0.05) is 13.8 Å². The van der Waals surface area contributed by atoms with E-state index in [9.17, 15) is 26.7 Å². The highest BCUT2D eigenvalue weighted by atomic mass is 19.2. The number of hydrogen-bond acceptors (Lipinski definition) is 2. The van der Waals surface area contributed by atoms with Crippen LogP contribution in [-0.2, 0) is 4.79 Å². The smallest absolute Gasteiger partial charge is 0.345 e. The van der Waals surface area contributed by atoms with E-state index in [1.54, 1.807) is 0 Å². The van der Waals surface area contributed by atoms with Crippen LogP contribution in [0.3, 0.4) is 0 Å². The van der Waals surface area contributed by atoms with Crippen LogP contribution in [0.15, 0.2) is 0 Å². The highest BCUT2D eigenvalue weighted by molar-refractivity contribution is 5.73. The molecule has 0 amide bonds. The van der Waals surface area contributed by atoms with Gasteiger partial charge in [-0.25, -0.2) is 18.0 Å². The Balaban J connectivity index is 3.32. The van der Waals surface area contributed by atoms with Gasteiger partial charge >= 0.3 is 5.97 Å². The molecule has 0 heterocycles. The van der Waals surface area contributed by atoms with Crippen molar-refractivity contribution in [3.63, 3.8) is 0 Å². The van der Waals surface area contributed by atoms with Crippen LogP contribution in [0.2, 0.25) is 0 Å². The van der Waals surface area contributed by atoms with Crippen molar-refractivity contribution >= 4 is 5.97 Å². The van der Waals surface area contributed by atoms with Gasteiger partial charge in [0, 0.05) is 5.92 Å². The molecule has 0 bridgehead atoms. The average Bonchev–Trinajstić information content (AvgIpc) is 2.33. The largest absolute Gasteiger partial charge is 0.478 e. The molecule has 0 aliphatic rings. The standard InChI is InChI=1S/C11H9F5O3/c1-3(2)9(11(17)18)19-10-7(15)5(13)4(12)6(14)8(10)16/h3,9H,1-2H3,(H,17,18). The normalized spacial score (nSPS) is 12.6. The summed E-state index contributed by atoms with van der Waals surface area (Å²) in [7, 11) is 0. The van der Waals surface area contributed by atoms with Crippen LogP contribution < -0.4 is 4.74 Å². The van der Waals surface area contributed by atoms with Crippen LogP contribution in [0.25, 0.3) is 0 Å². The van der Waals surface area contributed by atoms with Crippen LogP contribution in [0, 0.1) is 35.0 Å². The van der Waals surface area contributed by atoms with Gasteiger partial charge in [0.1, 0.15) is 0 Å². The van der Waals surface area contributed by atoms with Crippen molar-refractivity contribution in [1.82, 2.24) is 0 Å². The van der Waals surface area contributed by atoms with Crippen molar-refractivity contribution in [2.24, 2.45) is 5.92 Å². The number of ether oxygens (including phenoxy) is 1. The molecule has 0 fully saturated rings. The first-order valence-corrected chi connectivity index (χ1v) is 5.09. The van der Waals surface area contributed by atoms with E-state index < -0.39 is 52.8 Å². The summed E-state index contributed by atoms with van der Waals surface area (Å²) in [5.74, 6) is -15.1. The van der Waals surface area contributed by atoms with Gasteiger partial charge in [-0.15, -0.1) is 0 Å². The molecule has 3 nitrogen and oxygen atoms in total. The molecule has 0 aliphatic heterocycles. The lowest BCUT2D eigenvalue weighted by Crippen LogP contribution is -2.33. The van der Waals surface area contributed by atoms with Crippen LogP contribution in [-0.4, -0.2) is 17.2 Å². The molecular formula is C11H9F5O3. The molecule has 8 heteroatoms. The topological polar surface area (TPSA) is 46.5 Å². The first-order chi connectivity index (χ1) is 8.68. The third kappa shape index (κ3) is 2.77. The fourth-order valence-electron chi connectivity index (χ4n) is 1.29. The van der Waals surface area contributed by atoms with Crippen molar-refractivity contribution in [2.45, 2.75) is 20.0 Å². The van der Waals surface area contributed by atoms with Crippen LogP contribution in [0.5, 0.6) is 5.75 Å². The molecule has 0 aliphatic carbocycles. The summed E-state index contributed by atoms with van der Waals surface area (Å²) in [5, 5.41) is 8.75. The van der Waals surface area contributed by atoms with Gasteiger partial charge < -0.3 is 9.84 Å². The van der Waals surface area contributed by atoms with Crippen molar-refractivity contribution in [2.75, 3.05) is 0 Å². The van der Waals surface area contributed by atoms with E-state index in [1.807, 2.05) is 0 Å². The maximum absolute atomic E-state index is 13.3. The molecule has 1 rings (SSSR count). The maximum atomic E-state index is 13.3. The summed E-state index contributed by atoms with van der Waals surface area (Å²) in [6.45, 7) is 2.70. The molecule has 0 saturated heterocycles. The highest BCUT2D eigenvalue weighted by Gasteiger charge is 2.32. The van der Waals surface area contributed by atoms with Gasteiger partial charge in [0.05, 0.1) is 0 Å². The van der Waals surface area contributed by atoms with Gasteiger partial charge in [-0.3, -0.25) is 0 Å². The summed E-state index contributed by atoms with van der Waals surface area (Å²) in [5.41, 5.74) is 0. The fraction of sp³-hybridized carbons (Fsp3) is 0.364. The second-order valence-electron chi connectivity index (χ2n) is 4.02. The van der Waals surface area contributed by atoms with E-state index in [-0.39, 0.29) is 0 Å². The lowest BCUT2D eigenvalue weighted by atomic mass is 10.1. The summed E-state index contributed by atoms with van der Waals surface area (Å²) >= 11 is 0. The van der Waals surface area contributed by atoms with E-state index in [0.29, 0.717) is 0 Å². The summed E-state index contributed by atoms with van der Waals surface area (Å²) in [6, 6.07) is 0. The van der Waals surface area contributed by atoms with Crippen LogP contribution in [0.4, 0.5) is 22.0 Å². The maximum Gasteiger partial charge on any atom is 0.345 e. The fourth-order valence-corrected chi connectivity index (χ4v) is 1.29. The molecule has 1 atom stereocenters. The van der Waals surface area contributed by atoms with Crippen molar-refractivity contribution < 1.29 is 36.6 Å². The Morgan fingerprint density at radius 2 is 1.32 bits per heavy atom. The first kappa shape index (κ1) is 15.2. The number of carbonyl (C=O) groups is 1. The molecular weight excluding hydrogens is 275 g/mol. The van der Waals surface area contributed by atoms with Crippen molar-refractivity contribution in [1.29, 1.82) is 0 Å². The molecule has 19 heavy (non-hydrogen) atoms. The monoisotopic (exact) mass is 284 g/mol. The molecule has 0 aromatic heterocycles. The number of hydrogen-bond donors (Lipinski definition) is 1. The van der Waals surface area contributed by atoms with E-state index in [1.165, 1.54) is 13.8 Å². The zero-order chi connectivity index (χ0) is 14.9. The number of rotatable bonds is 4. The van der Waals surface area contributed by atoms with E-state index in [4.69, 9.17) is 5.11 Å². The van der Waals surface area contributed by atoms with E-state index >= 15 is 0 Å². The predicted octanol–water partition coefficient (Wildman–Crippen LogP) is 2.87. The zero-order valence-electron chi connectivity index (χ0n) is 9.81. The Morgan fingerprint density at radius 1 is 0.947 bits per heavy atom. The third-order valence-corrected chi connectivity index (χ3v) is 2.26. The first-order valence-electron chi connectivity index (χ1n) is 5.09. The molecule has 1 aromatic rings. The molecule has 0 radical (unpaired) electrons. The minimum atomic E-state index is -2.33. The SMILES string of the molecule is CC(C)C(Oc1c(F)c(F)c(F)c(F)c1F)C(=O)O. The molecule has 106 valence electrons. The molecule has 1 unspecified atom stereocenters. The quantitative estimate of drug-likeness (QED) is 0.525. The summed E-state index contributed by atoms with van der Waals surface area (Å²) in [4.78, 5) is 10.8. The summed E-state index contributed by atoms with van der Waals surface area (Å²) < 4.78 is 69.4. The van der Waals surface area contributed by atoms with Gasteiger partial charge in [0.15, 0.2) is 11.9 Å². The van der Waals surface area contributed by atoms with E-state index in [2.05, 4.69) is 4.74 Å². The molecule has 1 aromatic carbocycles. The number of carboxylic acids is 1. The molecule has 0 spiro atoms. The third-order valence-electron chi connectivity index (χ3n) is 2.26. The highest BCUT2D eigenvalue weighted by Crippen LogP contribution is 2.30. The average molecular weight is 284 g/mol. The summed E-state index contributed by atoms with van der Waals surface area (Å²) in [6.07, 6.45) is -1.74. The molecule has 1 N–H and O–H groups in total. The number of benzene rings is 1. The second-order valence-corrected chi connectivity index (χ2v) is 4.02. The zero-order valence-corrected chi connectivity index (χ0v) is 9.81. The van der Waals surface area contributed by atoms with Crippen molar-refractivity contribution in [3.05, 3.63) is 29.1 Å². The minimum absolute atomic E-state index is 0.743. The number of carboxylic acid groups (broad SMARTS) is 1. The lowest BCUT2D eigenvalue weighted by molar-refractivity contribution is -0.147. The van der Waals surface area contributed by atoms with Gasteiger partial charge in [0.25, 0.3) is 0 Å². The Bertz CT molecular complexity index is 487. The Kier molecular flexibility index (Phi) is 4.33. The van der Waals surface area contributed by atoms with Gasteiger partial charge in [-0.2, -0.15) is 8.78 Å². The van der Waals surface area contributed by atoms with Crippen LogP contribution in [0.1, 0.15) is 13.8 Å². The Morgan fingerprint density at radius 3 is 1.63 bits per heavy atom. The minimum Gasteiger partial charge on any atom is -0.478 e. The second kappa shape index (κ2) is 5.41. The van der Waals surface area contributed by atoms with Crippen LogP contribution >= 0.6 is 0 Å². The predicted molar refractivity (Wildman–Crippen MR) is 53.1 cm³/mol. The number of halogens is 5. The van der Waals surface area contributed by atoms with Gasteiger partial charge in [0.2, 0.25) is 29.1 Å². The Hall–Kier alpha value is -1.86. The number of aliphatic carboxylic acids is 1. The molecule has 0 saturated carbocycles. The lowest BCUT2D eigenvalue weighted by Gasteiger charge is -2.19. The van der Waals surface area contributed by atoms with Gasteiger partial charge in [-0.05, 0) is 0 Å². The Labute approximate surface area is 104 Å².